The zero-order chi connectivity index (χ0) is 13.8. The minimum Gasteiger partial charge on any atom is -0.481 e. The third-order valence-electron chi connectivity index (χ3n) is 3.22. The number of aryl methyl sites for hydroxylation is 1. The third kappa shape index (κ3) is 4.54. The molecule has 0 spiro atoms. The van der Waals surface area contributed by atoms with E-state index in [1.54, 1.807) is 19.1 Å². The lowest BCUT2D eigenvalue weighted by Crippen LogP contribution is -2.43. The average Bonchev–Trinajstić information content (AvgIpc) is 2.86. The van der Waals surface area contributed by atoms with Crippen LogP contribution in [0.1, 0.15) is 18.9 Å². The van der Waals surface area contributed by atoms with Crippen LogP contribution in [0.25, 0.3) is 0 Å². The fourth-order valence-electron chi connectivity index (χ4n) is 2.04. The predicted molar refractivity (Wildman–Crippen MR) is 82.9 cm³/mol. The summed E-state index contributed by atoms with van der Waals surface area (Å²) in [6.45, 7) is 5.45. The molecule has 2 atom stereocenters. The van der Waals surface area contributed by atoms with Gasteiger partial charge in [0.2, 0.25) is 0 Å². The van der Waals surface area contributed by atoms with Gasteiger partial charge in [-0.2, -0.15) is 0 Å². The second-order valence-electron chi connectivity index (χ2n) is 4.87. The summed E-state index contributed by atoms with van der Waals surface area (Å²) in [5, 5.41) is 6.88. The fourth-order valence-corrected chi connectivity index (χ4v) is 2.16. The number of rotatable bonds is 4. The van der Waals surface area contributed by atoms with Gasteiger partial charge in [-0.25, -0.2) is 0 Å². The van der Waals surface area contributed by atoms with Crippen LogP contribution in [-0.2, 0) is 4.79 Å². The second kappa shape index (κ2) is 7.72. The van der Waals surface area contributed by atoms with Crippen LogP contribution in [-0.4, -0.2) is 31.1 Å². The molecular formula is C14H20Cl2N2O2. The molecule has 1 fully saturated rings. The average molecular weight is 319 g/mol. The summed E-state index contributed by atoms with van der Waals surface area (Å²) in [6, 6.07) is 5.60. The summed E-state index contributed by atoms with van der Waals surface area (Å²) in [4.78, 5) is 12.0. The molecule has 2 unspecified atom stereocenters. The van der Waals surface area contributed by atoms with E-state index in [1.165, 1.54) is 0 Å². The number of hydrogen-bond donors (Lipinski definition) is 2. The molecule has 2 N–H and O–H groups in total. The summed E-state index contributed by atoms with van der Waals surface area (Å²) in [5.74, 6) is 0.579. The number of nitrogens with one attached hydrogen (secondary N) is 2. The molecule has 1 aliphatic heterocycles. The molecule has 1 heterocycles. The number of halogens is 2. The van der Waals surface area contributed by atoms with Crippen molar-refractivity contribution in [2.24, 2.45) is 0 Å². The van der Waals surface area contributed by atoms with E-state index in [0.29, 0.717) is 10.8 Å². The summed E-state index contributed by atoms with van der Waals surface area (Å²) in [5.41, 5.74) is 0.937. The van der Waals surface area contributed by atoms with Crippen molar-refractivity contribution >= 4 is 29.9 Å². The molecule has 0 radical (unpaired) electrons. The quantitative estimate of drug-likeness (QED) is 0.895. The van der Waals surface area contributed by atoms with Crippen molar-refractivity contribution in [3.05, 3.63) is 28.8 Å². The molecule has 6 heteroatoms. The highest BCUT2D eigenvalue weighted by molar-refractivity contribution is 6.31. The lowest BCUT2D eigenvalue weighted by molar-refractivity contribution is -0.127. The van der Waals surface area contributed by atoms with Gasteiger partial charge in [0.1, 0.15) is 5.75 Å². The molecule has 1 aliphatic rings. The lowest BCUT2D eigenvalue weighted by atomic mass is 10.2. The molecule has 1 aromatic rings. The Bertz CT molecular complexity index is 462. The van der Waals surface area contributed by atoms with E-state index in [1.807, 2.05) is 13.0 Å². The van der Waals surface area contributed by atoms with Gasteiger partial charge >= 0.3 is 0 Å². The summed E-state index contributed by atoms with van der Waals surface area (Å²) in [6.07, 6.45) is 0.458. The summed E-state index contributed by atoms with van der Waals surface area (Å²) < 4.78 is 5.63. The Hall–Kier alpha value is -0.970. The Balaban J connectivity index is 0.00000200. The first kappa shape index (κ1) is 17.1. The largest absolute Gasteiger partial charge is 0.481 e. The minimum atomic E-state index is -0.513. The Morgan fingerprint density at radius 3 is 2.90 bits per heavy atom. The van der Waals surface area contributed by atoms with Gasteiger partial charge in [-0.1, -0.05) is 11.6 Å². The lowest BCUT2D eigenvalue weighted by Gasteiger charge is -2.18. The molecule has 0 aromatic heterocycles. The number of ether oxygens (including phenoxy) is 1. The third-order valence-corrected chi connectivity index (χ3v) is 3.64. The Labute approximate surface area is 130 Å². The molecule has 1 saturated heterocycles. The van der Waals surface area contributed by atoms with Gasteiger partial charge in [0, 0.05) is 17.6 Å². The number of carbonyl (C=O) groups excluding carboxylic acids is 1. The van der Waals surface area contributed by atoms with Crippen molar-refractivity contribution in [2.75, 3.05) is 13.1 Å². The topological polar surface area (TPSA) is 50.4 Å². The van der Waals surface area contributed by atoms with Crippen molar-refractivity contribution in [1.29, 1.82) is 0 Å². The van der Waals surface area contributed by atoms with Crippen molar-refractivity contribution in [3.8, 4) is 5.75 Å². The van der Waals surface area contributed by atoms with E-state index in [4.69, 9.17) is 16.3 Å². The van der Waals surface area contributed by atoms with Gasteiger partial charge in [0.15, 0.2) is 6.10 Å². The van der Waals surface area contributed by atoms with Crippen LogP contribution in [0.5, 0.6) is 5.75 Å². The highest BCUT2D eigenvalue weighted by Crippen LogP contribution is 2.21. The SMILES string of the molecule is Cc1cc(OC(C)C(=O)NC2CCNC2)ccc1Cl.Cl. The van der Waals surface area contributed by atoms with Crippen LogP contribution in [0.15, 0.2) is 18.2 Å². The van der Waals surface area contributed by atoms with Gasteiger partial charge < -0.3 is 15.4 Å². The molecule has 0 bridgehead atoms. The predicted octanol–water partition coefficient (Wildman–Crippen LogP) is 2.32. The first-order valence-electron chi connectivity index (χ1n) is 6.50. The van der Waals surface area contributed by atoms with Crippen molar-refractivity contribution < 1.29 is 9.53 Å². The van der Waals surface area contributed by atoms with Crippen LogP contribution < -0.4 is 15.4 Å². The Morgan fingerprint density at radius 1 is 1.55 bits per heavy atom. The van der Waals surface area contributed by atoms with Gasteiger partial charge in [-0.15, -0.1) is 12.4 Å². The van der Waals surface area contributed by atoms with Crippen molar-refractivity contribution in [2.45, 2.75) is 32.4 Å². The molecule has 1 aromatic carbocycles. The highest BCUT2D eigenvalue weighted by Gasteiger charge is 2.21. The smallest absolute Gasteiger partial charge is 0.261 e. The minimum absolute atomic E-state index is 0. The van der Waals surface area contributed by atoms with E-state index in [0.717, 1.165) is 25.1 Å². The van der Waals surface area contributed by atoms with Crippen molar-refractivity contribution in [1.82, 2.24) is 10.6 Å². The highest BCUT2D eigenvalue weighted by atomic mass is 35.5. The Morgan fingerprint density at radius 2 is 2.30 bits per heavy atom. The Kier molecular flexibility index (Phi) is 6.59. The maximum Gasteiger partial charge on any atom is 0.261 e. The summed E-state index contributed by atoms with van der Waals surface area (Å²) >= 11 is 5.95. The van der Waals surface area contributed by atoms with Gasteiger partial charge in [-0.3, -0.25) is 4.79 Å². The standard InChI is InChI=1S/C14H19ClN2O2.ClH/c1-9-7-12(3-4-13(9)15)19-10(2)14(18)17-11-5-6-16-8-11;/h3-4,7,10-11,16H,5-6,8H2,1-2H3,(H,17,18);1H. The van der Waals surface area contributed by atoms with Crippen LogP contribution >= 0.6 is 24.0 Å². The van der Waals surface area contributed by atoms with Gasteiger partial charge in [0.05, 0.1) is 0 Å². The van der Waals surface area contributed by atoms with E-state index >= 15 is 0 Å². The zero-order valence-electron chi connectivity index (χ0n) is 11.6. The first-order chi connectivity index (χ1) is 9.06. The zero-order valence-corrected chi connectivity index (χ0v) is 13.2. The van der Waals surface area contributed by atoms with Gasteiger partial charge in [-0.05, 0) is 50.6 Å². The molecule has 0 saturated carbocycles. The molecule has 2 rings (SSSR count). The van der Waals surface area contributed by atoms with Crippen LogP contribution in [0, 0.1) is 6.92 Å². The molecule has 20 heavy (non-hydrogen) atoms. The second-order valence-corrected chi connectivity index (χ2v) is 5.28. The monoisotopic (exact) mass is 318 g/mol. The maximum atomic E-state index is 12.0. The van der Waals surface area contributed by atoms with Crippen LogP contribution in [0.3, 0.4) is 0 Å². The van der Waals surface area contributed by atoms with E-state index in [2.05, 4.69) is 10.6 Å². The van der Waals surface area contributed by atoms with Gasteiger partial charge in [0.25, 0.3) is 5.91 Å². The molecule has 4 nitrogen and oxygen atoms in total. The summed E-state index contributed by atoms with van der Waals surface area (Å²) in [7, 11) is 0. The van der Waals surface area contributed by atoms with Crippen LogP contribution in [0.2, 0.25) is 5.02 Å². The van der Waals surface area contributed by atoms with E-state index in [-0.39, 0.29) is 24.4 Å². The molecular weight excluding hydrogens is 299 g/mol. The molecule has 0 aliphatic carbocycles. The van der Waals surface area contributed by atoms with E-state index < -0.39 is 6.10 Å². The number of benzene rings is 1. The van der Waals surface area contributed by atoms with E-state index in [9.17, 15) is 4.79 Å². The molecule has 1 amide bonds. The number of amides is 1. The molecule has 112 valence electrons. The first-order valence-corrected chi connectivity index (χ1v) is 6.88. The number of carbonyl (C=O) groups is 1. The maximum absolute atomic E-state index is 12.0. The normalized spacial score (nSPS) is 19.1. The van der Waals surface area contributed by atoms with Crippen molar-refractivity contribution in [3.63, 3.8) is 0 Å². The fraction of sp³-hybridized carbons (Fsp3) is 0.500. The van der Waals surface area contributed by atoms with Crippen LogP contribution in [0.4, 0.5) is 0 Å². The number of hydrogen-bond acceptors (Lipinski definition) is 3.